The van der Waals surface area contributed by atoms with E-state index < -0.39 is 5.60 Å². The Morgan fingerprint density at radius 3 is 2.41 bits per heavy atom. The Balaban J connectivity index is 1.47. The lowest BCUT2D eigenvalue weighted by molar-refractivity contribution is -0.224. The highest BCUT2D eigenvalue weighted by Gasteiger charge is 2.64. The SMILES string of the molecule is CC(=O)O[C@@H]1CC[C@]2(C)[C@@H]3CC[C@]4(C)[C@H](CC[C@@H]4[C@H](C)CCCC(C)C)[C@@H]3CC[C@@]2(O)C1. The van der Waals surface area contributed by atoms with Gasteiger partial charge in [0.05, 0.1) is 5.60 Å². The van der Waals surface area contributed by atoms with E-state index in [9.17, 15) is 9.90 Å². The van der Waals surface area contributed by atoms with Gasteiger partial charge in [-0.3, -0.25) is 4.79 Å². The van der Waals surface area contributed by atoms with Gasteiger partial charge >= 0.3 is 5.97 Å². The molecule has 3 nitrogen and oxygen atoms in total. The fraction of sp³-hybridized carbons (Fsp3) is 0.966. The summed E-state index contributed by atoms with van der Waals surface area (Å²) in [6, 6.07) is 0. The van der Waals surface area contributed by atoms with Gasteiger partial charge in [-0.05, 0) is 97.7 Å². The molecule has 4 aliphatic rings. The van der Waals surface area contributed by atoms with Gasteiger partial charge in [0.2, 0.25) is 0 Å². The number of ether oxygens (including phenoxy) is 1. The Labute approximate surface area is 197 Å². The second-order valence-electron chi connectivity index (χ2n) is 13.4. The standard InChI is InChI=1S/C29H50O3/c1-19(2)8-7-9-20(3)24-10-11-25-23-13-17-29(31)18-22(32-21(4)30)12-16-28(29,6)26(23)14-15-27(24,25)5/h19-20,22-26,31H,7-18H2,1-6H3/t20-,22-,23+,24-,25-,26-,27+,28-,29-/m1/s1. The number of fused-ring (bicyclic) bond motifs is 5. The smallest absolute Gasteiger partial charge is 0.302 e. The summed E-state index contributed by atoms with van der Waals surface area (Å²) >= 11 is 0. The molecule has 0 amide bonds. The molecule has 32 heavy (non-hydrogen) atoms. The predicted octanol–water partition coefficient (Wildman–Crippen LogP) is 7.15. The molecule has 0 unspecified atom stereocenters. The van der Waals surface area contributed by atoms with E-state index >= 15 is 0 Å². The van der Waals surface area contributed by atoms with Crippen LogP contribution in [0, 0.1) is 46.3 Å². The lowest BCUT2D eigenvalue weighted by Gasteiger charge is -2.64. The number of aliphatic hydroxyl groups is 1. The fourth-order valence-electron chi connectivity index (χ4n) is 9.57. The monoisotopic (exact) mass is 446 g/mol. The van der Waals surface area contributed by atoms with Gasteiger partial charge in [0.15, 0.2) is 0 Å². The van der Waals surface area contributed by atoms with Gasteiger partial charge in [-0.25, -0.2) is 0 Å². The van der Waals surface area contributed by atoms with Crippen LogP contribution < -0.4 is 0 Å². The molecular formula is C29H50O3. The zero-order chi connectivity index (χ0) is 23.3. The van der Waals surface area contributed by atoms with Crippen LogP contribution in [-0.4, -0.2) is 22.8 Å². The van der Waals surface area contributed by atoms with E-state index in [2.05, 4.69) is 34.6 Å². The lowest BCUT2D eigenvalue weighted by Crippen LogP contribution is -2.63. The maximum absolute atomic E-state index is 11.9. The minimum absolute atomic E-state index is 0.0190. The minimum atomic E-state index is -0.664. The number of carbonyl (C=O) groups excluding carboxylic acids is 1. The second-order valence-corrected chi connectivity index (χ2v) is 13.4. The van der Waals surface area contributed by atoms with Crippen molar-refractivity contribution in [2.24, 2.45) is 46.3 Å². The zero-order valence-electron chi connectivity index (χ0n) is 21.8. The normalized spacial score (nSPS) is 46.8. The van der Waals surface area contributed by atoms with Crippen molar-refractivity contribution in [1.29, 1.82) is 0 Å². The molecule has 0 aromatic carbocycles. The largest absolute Gasteiger partial charge is 0.462 e. The predicted molar refractivity (Wildman–Crippen MR) is 130 cm³/mol. The summed E-state index contributed by atoms with van der Waals surface area (Å²) in [7, 11) is 0. The van der Waals surface area contributed by atoms with Gasteiger partial charge in [0, 0.05) is 13.3 Å². The third kappa shape index (κ3) is 4.07. The van der Waals surface area contributed by atoms with Crippen LogP contribution >= 0.6 is 0 Å². The van der Waals surface area contributed by atoms with Crippen LogP contribution in [0.25, 0.3) is 0 Å². The Morgan fingerprint density at radius 2 is 1.72 bits per heavy atom. The van der Waals surface area contributed by atoms with Crippen LogP contribution in [0.4, 0.5) is 0 Å². The van der Waals surface area contributed by atoms with Crippen molar-refractivity contribution in [3.8, 4) is 0 Å². The topological polar surface area (TPSA) is 46.5 Å². The van der Waals surface area contributed by atoms with Crippen molar-refractivity contribution < 1.29 is 14.6 Å². The van der Waals surface area contributed by atoms with Gasteiger partial charge in [-0.1, -0.05) is 53.9 Å². The van der Waals surface area contributed by atoms with Crippen LogP contribution in [0.1, 0.15) is 119 Å². The highest BCUT2D eigenvalue weighted by atomic mass is 16.5. The highest BCUT2D eigenvalue weighted by Crippen LogP contribution is 2.69. The molecule has 0 bridgehead atoms. The van der Waals surface area contributed by atoms with Gasteiger partial charge < -0.3 is 9.84 Å². The summed E-state index contributed by atoms with van der Waals surface area (Å²) in [6.07, 6.45) is 14.1. The van der Waals surface area contributed by atoms with E-state index in [-0.39, 0.29) is 17.5 Å². The highest BCUT2D eigenvalue weighted by molar-refractivity contribution is 5.66. The summed E-state index contributed by atoms with van der Waals surface area (Å²) in [6.45, 7) is 13.8. The van der Waals surface area contributed by atoms with E-state index in [1.807, 2.05) is 0 Å². The lowest BCUT2D eigenvalue weighted by atomic mass is 9.43. The van der Waals surface area contributed by atoms with E-state index in [4.69, 9.17) is 4.74 Å². The van der Waals surface area contributed by atoms with E-state index in [1.165, 1.54) is 51.9 Å². The molecule has 0 radical (unpaired) electrons. The molecule has 9 atom stereocenters. The first-order valence-corrected chi connectivity index (χ1v) is 13.9. The van der Waals surface area contributed by atoms with E-state index in [1.54, 1.807) is 0 Å². The molecule has 4 rings (SSSR count). The molecule has 184 valence electrons. The van der Waals surface area contributed by atoms with Crippen molar-refractivity contribution in [3.63, 3.8) is 0 Å². The van der Waals surface area contributed by atoms with Crippen LogP contribution in [0.2, 0.25) is 0 Å². The Hall–Kier alpha value is -0.570. The van der Waals surface area contributed by atoms with Crippen molar-refractivity contribution in [1.82, 2.24) is 0 Å². The average Bonchev–Trinajstić information content (AvgIpc) is 3.05. The van der Waals surface area contributed by atoms with Crippen LogP contribution in [-0.2, 0) is 9.53 Å². The van der Waals surface area contributed by atoms with Crippen molar-refractivity contribution in [2.45, 2.75) is 130 Å². The van der Waals surface area contributed by atoms with Crippen LogP contribution in [0.3, 0.4) is 0 Å². The first kappa shape index (κ1) is 24.6. The molecule has 4 aliphatic carbocycles. The quantitative estimate of drug-likeness (QED) is 0.440. The van der Waals surface area contributed by atoms with Crippen LogP contribution in [0.15, 0.2) is 0 Å². The first-order valence-electron chi connectivity index (χ1n) is 13.9. The minimum Gasteiger partial charge on any atom is -0.462 e. The average molecular weight is 447 g/mol. The van der Waals surface area contributed by atoms with Gasteiger partial charge in [0.1, 0.15) is 6.10 Å². The molecule has 4 saturated carbocycles. The summed E-state index contributed by atoms with van der Waals surface area (Å²) < 4.78 is 5.56. The summed E-state index contributed by atoms with van der Waals surface area (Å²) in [4.78, 5) is 11.5. The molecule has 0 aromatic rings. The Bertz CT molecular complexity index is 688. The number of carbonyl (C=O) groups is 1. The molecule has 1 N–H and O–H groups in total. The zero-order valence-corrected chi connectivity index (χ0v) is 21.8. The fourth-order valence-corrected chi connectivity index (χ4v) is 9.57. The Kier molecular flexibility index (Phi) is 6.83. The molecule has 0 heterocycles. The number of hydrogen-bond donors (Lipinski definition) is 1. The number of esters is 1. The molecular weight excluding hydrogens is 396 g/mol. The maximum atomic E-state index is 11.9. The number of hydrogen-bond acceptors (Lipinski definition) is 3. The van der Waals surface area contributed by atoms with Gasteiger partial charge in [0.25, 0.3) is 0 Å². The number of rotatable bonds is 6. The van der Waals surface area contributed by atoms with Crippen molar-refractivity contribution in [3.05, 3.63) is 0 Å². The third-order valence-electron chi connectivity index (χ3n) is 11.3. The van der Waals surface area contributed by atoms with Gasteiger partial charge in [-0.15, -0.1) is 0 Å². The molecule has 0 saturated heterocycles. The van der Waals surface area contributed by atoms with E-state index in [0.29, 0.717) is 17.8 Å². The van der Waals surface area contributed by atoms with E-state index in [0.717, 1.165) is 55.3 Å². The molecule has 0 aliphatic heterocycles. The van der Waals surface area contributed by atoms with Crippen LogP contribution in [0.5, 0.6) is 0 Å². The third-order valence-corrected chi connectivity index (χ3v) is 11.3. The Morgan fingerprint density at radius 1 is 0.969 bits per heavy atom. The molecule has 4 fully saturated rings. The first-order chi connectivity index (χ1) is 15.0. The van der Waals surface area contributed by atoms with Gasteiger partial charge in [-0.2, -0.15) is 0 Å². The second kappa shape index (κ2) is 8.90. The molecule has 0 aromatic heterocycles. The molecule has 0 spiro atoms. The summed E-state index contributed by atoms with van der Waals surface area (Å²) in [5, 5.41) is 11.9. The summed E-state index contributed by atoms with van der Waals surface area (Å²) in [5.41, 5.74) is -0.184. The summed E-state index contributed by atoms with van der Waals surface area (Å²) in [5.74, 6) is 4.59. The molecule has 3 heteroatoms. The maximum Gasteiger partial charge on any atom is 0.302 e. The van der Waals surface area contributed by atoms with Crippen molar-refractivity contribution >= 4 is 5.97 Å². The van der Waals surface area contributed by atoms with Crippen molar-refractivity contribution in [2.75, 3.05) is 0 Å².